The molecule has 0 radical (unpaired) electrons. The fourth-order valence-corrected chi connectivity index (χ4v) is 2.16. The van der Waals surface area contributed by atoms with E-state index in [1.165, 1.54) is 32.1 Å². The standard InChI is InChI=1S/C11H23N/c1-4-9(2)12-10(3)11-7-5-6-8-11/h9-12H,4-8H2,1-3H3. The molecule has 0 amide bonds. The highest BCUT2D eigenvalue weighted by molar-refractivity contribution is 4.78. The van der Waals surface area contributed by atoms with Gasteiger partial charge < -0.3 is 5.32 Å². The third kappa shape index (κ3) is 2.78. The summed E-state index contributed by atoms with van der Waals surface area (Å²) < 4.78 is 0. The molecule has 2 atom stereocenters. The second-order valence-corrected chi connectivity index (χ2v) is 4.31. The Labute approximate surface area is 76.9 Å². The third-order valence-electron chi connectivity index (χ3n) is 3.27. The maximum atomic E-state index is 3.67. The van der Waals surface area contributed by atoms with Gasteiger partial charge in [-0.3, -0.25) is 0 Å². The van der Waals surface area contributed by atoms with Gasteiger partial charge in [-0.1, -0.05) is 19.8 Å². The normalized spacial score (nSPS) is 24.2. The van der Waals surface area contributed by atoms with Gasteiger partial charge in [0.15, 0.2) is 0 Å². The van der Waals surface area contributed by atoms with Crippen molar-refractivity contribution >= 4 is 0 Å². The van der Waals surface area contributed by atoms with Crippen LogP contribution in [0, 0.1) is 5.92 Å². The SMILES string of the molecule is CCC(C)NC(C)C1CCCC1. The zero-order valence-corrected chi connectivity index (χ0v) is 8.77. The molecule has 0 heterocycles. The number of hydrogen-bond acceptors (Lipinski definition) is 1. The van der Waals surface area contributed by atoms with Crippen LogP contribution in [0.5, 0.6) is 0 Å². The van der Waals surface area contributed by atoms with Crippen LogP contribution in [0.2, 0.25) is 0 Å². The van der Waals surface area contributed by atoms with E-state index in [0.717, 1.165) is 12.0 Å². The van der Waals surface area contributed by atoms with Crippen LogP contribution in [0.3, 0.4) is 0 Å². The molecule has 1 aliphatic carbocycles. The van der Waals surface area contributed by atoms with Gasteiger partial charge in [0, 0.05) is 12.1 Å². The monoisotopic (exact) mass is 169 g/mol. The van der Waals surface area contributed by atoms with Crippen LogP contribution < -0.4 is 5.32 Å². The molecule has 0 saturated heterocycles. The molecular formula is C11H23N. The summed E-state index contributed by atoms with van der Waals surface area (Å²) in [5.41, 5.74) is 0. The molecule has 1 fully saturated rings. The van der Waals surface area contributed by atoms with Gasteiger partial charge >= 0.3 is 0 Å². The Morgan fingerprint density at radius 2 is 1.83 bits per heavy atom. The van der Waals surface area contributed by atoms with Crippen LogP contribution in [-0.2, 0) is 0 Å². The Morgan fingerprint density at radius 1 is 1.25 bits per heavy atom. The number of rotatable bonds is 4. The lowest BCUT2D eigenvalue weighted by atomic mass is 9.99. The van der Waals surface area contributed by atoms with Crippen LogP contribution in [0.4, 0.5) is 0 Å². The highest BCUT2D eigenvalue weighted by Crippen LogP contribution is 2.27. The van der Waals surface area contributed by atoms with Gasteiger partial charge in [0.05, 0.1) is 0 Å². The summed E-state index contributed by atoms with van der Waals surface area (Å²) in [7, 11) is 0. The lowest BCUT2D eigenvalue weighted by Crippen LogP contribution is -2.38. The molecule has 0 aromatic heterocycles. The maximum Gasteiger partial charge on any atom is 0.00694 e. The van der Waals surface area contributed by atoms with E-state index in [9.17, 15) is 0 Å². The summed E-state index contributed by atoms with van der Waals surface area (Å²) in [6, 6.07) is 1.43. The van der Waals surface area contributed by atoms with E-state index in [2.05, 4.69) is 26.1 Å². The quantitative estimate of drug-likeness (QED) is 0.682. The minimum atomic E-state index is 0.695. The Kier molecular flexibility index (Phi) is 4.07. The first-order valence-corrected chi connectivity index (χ1v) is 5.50. The number of hydrogen-bond donors (Lipinski definition) is 1. The molecule has 0 bridgehead atoms. The van der Waals surface area contributed by atoms with Gasteiger partial charge in [0.25, 0.3) is 0 Å². The molecule has 0 aliphatic heterocycles. The molecule has 0 aromatic rings. The molecule has 12 heavy (non-hydrogen) atoms. The van der Waals surface area contributed by atoms with Crippen molar-refractivity contribution in [3.8, 4) is 0 Å². The molecule has 0 spiro atoms. The summed E-state index contributed by atoms with van der Waals surface area (Å²) in [6.45, 7) is 6.88. The Hall–Kier alpha value is -0.0400. The minimum absolute atomic E-state index is 0.695. The van der Waals surface area contributed by atoms with E-state index < -0.39 is 0 Å². The lowest BCUT2D eigenvalue weighted by Gasteiger charge is -2.24. The lowest BCUT2D eigenvalue weighted by molar-refractivity contribution is 0.345. The van der Waals surface area contributed by atoms with E-state index in [4.69, 9.17) is 0 Å². The van der Waals surface area contributed by atoms with Gasteiger partial charge in [-0.2, -0.15) is 0 Å². The van der Waals surface area contributed by atoms with E-state index in [1.807, 2.05) is 0 Å². The molecule has 1 aliphatic rings. The van der Waals surface area contributed by atoms with Crippen molar-refractivity contribution in [2.45, 2.75) is 65.0 Å². The van der Waals surface area contributed by atoms with Crippen molar-refractivity contribution in [2.24, 2.45) is 5.92 Å². The van der Waals surface area contributed by atoms with Crippen molar-refractivity contribution in [3.63, 3.8) is 0 Å². The fourth-order valence-electron chi connectivity index (χ4n) is 2.16. The zero-order valence-electron chi connectivity index (χ0n) is 8.77. The third-order valence-corrected chi connectivity index (χ3v) is 3.27. The topological polar surface area (TPSA) is 12.0 Å². The molecule has 0 aromatic carbocycles. The molecule has 1 rings (SSSR count). The number of nitrogens with one attached hydrogen (secondary N) is 1. The van der Waals surface area contributed by atoms with Crippen LogP contribution in [0.25, 0.3) is 0 Å². The predicted molar refractivity (Wildman–Crippen MR) is 54.3 cm³/mol. The van der Waals surface area contributed by atoms with Crippen molar-refractivity contribution < 1.29 is 0 Å². The molecule has 1 saturated carbocycles. The van der Waals surface area contributed by atoms with E-state index >= 15 is 0 Å². The summed E-state index contributed by atoms with van der Waals surface area (Å²) in [5, 5.41) is 3.67. The van der Waals surface area contributed by atoms with Gasteiger partial charge in [0.2, 0.25) is 0 Å². The van der Waals surface area contributed by atoms with Gasteiger partial charge in [0.1, 0.15) is 0 Å². The summed E-state index contributed by atoms with van der Waals surface area (Å²) >= 11 is 0. The molecule has 2 unspecified atom stereocenters. The summed E-state index contributed by atoms with van der Waals surface area (Å²) in [6.07, 6.45) is 7.06. The van der Waals surface area contributed by atoms with Gasteiger partial charge in [-0.15, -0.1) is 0 Å². The Balaban J connectivity index is 2.21. The highest BCUT2D eigenvalue weighted by Gasteiger charge is 2.21. The zero-order chi connectivity index (χ0) is 8.97. The fraction of sp³-hybridized carbons (Fsp3) is 1.00. The smallest absolute Gasteiger partial charge is 0.00694 e. The first-order valence-electron chi connectivity index (χ1n) is 5.50. The highest BCUT2D eigenvalue weighted by atomic mass is 14.9. The molecule has 1 nitrogen and oxygen atoms in total. The average molecular weight is 169 g/mol. The summed E-state index contributed by atoms with van der Waals surface area (Å²) in [5.74, 6) is 0.957. The van der Waals surface area contributed by atoms with Crippen molar-refractivity contribution in [1.29, 1.82) is 0 Å². The summed E-state index contributed by atoms with van der Waals surface area (Å²) in [4.78, 5) is 0. The molecule has 1 N–H and O–H groups in total. The van der Waals surface area contributed by atoms with Gasteiger partial charge in [-0.05, 0) is 39.0 Å². The Bertz CT molecular complexity index is 116. The minimum Gasteiger partial charge on any atom is -0.312 e. The first kappa shape index (κ1) is 10.0. The van der Waals surface area contributed by atoms with Crippen LogP contribution in [0.1, 0.15) is 52.9 Å². The van der Waals surface area contributed by atoms with E-state index in [-0.39, 0.29) is 0 Å². The maximum absolute atomic E-state index is 3.67. The predicted octanol–water partition coefficient (Wildman–Crippen LogP) is 2.95. The van der Waals surface area contributed by atoms with Crippen LogP contribution in [0.15, 0.2) is 0 Å². The van der Waals surface area contributed by atoms with Crippen molar-refractivity contribution in [1.82, 2.24) is 5.32 Å². The Morgan fingerprint density at radius 3 is 2.33 bits per heavy atom. The van der Waals surface area contributed by atoms with Crippen molar-refractivity contribution in [2.75, 3.05) is 0 Å². The average Bonchev–Trinajstić information content (AvgIpc) is 2.56. The largest absolute Gasteiger partial charge is 0.312 e. The van der Waals surface area contributed by atoms with E-state index in [0.29, 0.717) is 6.04 Å². The second-order valence-electron chi connectivity index (χ2n) is 4.31. The molecule has 1 heteroatoms. The second kappa shape index (κ2) is 4.86. The van der Waals surface area contributed by atoms with Gasteiger partial charge in [-0.25, -0.2) is 0 Å². The van der Waals surface area contributed by atoms with E-state index in [1.54, 1.807) is 0 Å². The molecule has 72 valence electrons. The first-order chi connectivity index (χ1) is 5.74. The van der Waals surface area contributed by atoms with Crippen molar-refractivity contribution in [3.05, 3.63) is 0 Å². The van der Waals surface area contributed by atoms with Crippen LogP contribution in [-0.4, -0.2) is 12.1 Å². The molecular weight excluding hydrogens is 146 g/mol. The van der Waals surface area contributed by atoms with Crippen LogP contribution >= 0.6 is 0 Å².